The number of aromatic nitrogens is 3. The zero-order valence-electron chi connectivity index (χ0n) is 27.7. The summed E-state index contributed by atoms with van der Waals surface area (Å²) in [4.78, 5) is 15.5. The molecule has 0 bridgehead atoms. The molecule has 5 heteroatoms. The van der Waals surface area contributed by atoms with Crippen molar-refractivity contribution in [2.45, 2.75) is 0 Å². The maximum atomic E-state index is 6.31. The van der Waals surface area contributed by atoms with Gasteiger partial charge in [-0.2, -0.15) is 0 Å². The van der Waals surface area contributed by atoms with Gasteiger partial charge in [0.1, 0.15) is 22.3 Å². The normalized spacial score (nSPS) is 11.8. The average Bonchev–Trinajstić information content (AvgIpc) is 3.79. The van der Waals surface area contributed by atoms with Gasteiger partial charge >= 0.3 is 0 Å². The van der Waals surface area contributed by atoms with E-state index in [1.807, 2.05) is 36.4 Å². The minimum atomic E-state index is 0.605. The molecular weight excluding hydrogens is 639 g/mol. The van der Waals surface area contributed by atoms with E-state index in [0.717, 1.165) is 87.9 Å². The third-order valence-electron chi connectivity index (χ3n) is 10.1. The van der Waals surface area contributed by atoms with Crippen LogP contribution in [0.4, 0.5) is 0 Å². The fourth-order valence-corrected chi connectivity index (χ4v) is 7.68. The van der Waals surface area contributed by atoms with Gasteiger partial charge in [0, 0.05) is 43.6 Å². The first-order valence-corrected chi connectivity index (χ1v) is 17.3. The Kier molecular flexibility index (Phi) is 6.18. The van der Waals surface area contributed by atoms with E-state index in [1.165, 1.54) is 5.39 Å². The zero-order valence-corrected chi connectivity index (χ0v) is 27.7. The standard InChI is InChI=1S/C47H27N3O2/c1-2-10-32-27-33(24-19-28(32)9-1)46-48-45(31-22-20-29(21-23-31)34-14-8-18-40-43(34)35-12-3-5-16-38(35)51-40)49-47(50-46)37-15-7-11-30-25-26-41-44(42(30)37)36-13-4-6-17-39(36)52-41/h1-27H. The van der Waals surface area contributed by atoms with Gasteiger partial charge in [-0.05, 0) is 57.6 Å². The van der Waals surface area contributed by atoms with Crippen molar-refractivity contribution in [1.82, 2.24) is 15.0 Å². The summed E-state index contributed by atoms with van der Waals surface area (Å²) in [6.45, 7) is 0. The molecule has 0 aliphatic carbocycles. The predicted octanol–water partition coefficient (Wildman–Crippen LogP) is 12.6. The summed E-state index contributed by atoms with van der Waals surface area (Å²) in [6.07, 6.45) is 0. The van der Waals surface area contributed by atoms with E-state index in [4.69, 9.17) is 23.8 Å². The third kappa shape index (κ3) is 4.46. The van der Waals surface area contributed by atoms with Crippen LogP contribution in [0.2, 0.25) is 0 Å². The molecule has 242 valence electrons. The number of furan rings is 2. The minimum absolute atomic E-state index is 0.605. The molecule has 3 heterocycles. The Morgan fingerprint density at radius 3 is 1.65 bits per heavy atom. The van der Waals surface area contributed by atoms with Gasteiger partial charge in [-0.15, -0.1) is 0 Å². The first kappa shape index (κ1) is 28.7. The van der Waals surface area contributed by atoms with Gasteiger partial charge in [0.2, 0.25) is 0 Å². The maximum Gasteiger partial charge on any atom is 0.164 e. The second-order valence-electron chi connectivity index (χ2n) is 13.2. The summed E-state index contributed by atoms with van der Waals surface area (Å²) in [5.41, 5.74) is 8.41. The van der Waals surface area contributed by atoms with Gasteiger partial charge in [-0.3, -0.25) is 0 Å². The molecule has 8 aromatic carbocycles. The topological polar surface area (TPSA) is 65.0 Å². The molecule has 0 aliphatic heterocycles. The highest BCUT2D eigenvalue weighted by molar-refractivity contribution is 6.22. The lowest BCUT2D eigenvalue weighted by atomic mass is 9.98. The molecule has 0 unspecified atom stereocenters. The van der Waals surface area contributed by atoms with Crippen molar-refractivity contribution in [1.29, 1.82) is 0 Å². The smallest absolute Gasteiger partial charge is 0.164 e. The number of hydrogen-bond acceptors (Lipinski definition) is 5. The number of nitrogens with zero attached hydrogens (tertiary/aromatic N) is 3. The second-order valence-corrected chi connectivity index (χ2v) is 13.2. The van der Waals surface area contributed by atoms with E-state index in [-0.39, 0.29) is 0 Å². The van der Waals surface area contributed by atoms with Crippen molar-refractivity contribution < 1.29 is 8.83 Å². The third-order valence-corrected chi connectivity index (χ3v) is 10.1. The summed E-state index contributed by atoms with van der Waals surface area (Å²) in [5.74, 6) is 1.83. The van der Waals surface area contributed by atoms with Crippen LogP contribution in [-0.2, 0) is 0 Å². The highest BCUT2D eigenvalue weighted by Crippen LogP contribution is 2.40. The SMILES string of the molecule is c1ccc2cc(-c3nc(-c4ccc(-c5cccc6oc7ccccc7c56)cc4)nc(-c4cccc5ccc6oc7ccccc7c6c45)n3)ccc2c1. The van der Waals surface area contributed by atoms with Crippen LogP contribution in [0, 0.1) is 0 Å². The average molecular weight is 666 g/mol. The quantitative estimate of drug-likeness (QED) is 0.187. The molecule has 0 aliphatic rings. The predicted molar refractivity (Wildman–Crippen MR) is 211 cm³/mol. The molecule has 11 rings (SSSR count). The fraction of sp³-hybridized carbons (Fsp3) is 0. The van der Waals surface area contributed by atoms with Crippen molar-refractivity contribution in [2.75, 3.05) is 0 Å². The summed E-state index contributed by atoms with van der Waals surface area (Å²) >= 11 is 0. The van der Waals surface area contributed by atoms with E-state index >= 15 is 0 Å². The van der Waals surface area contributed by atoms with Gasteiger partial charge in [0.25, 0.3) is 0 Å². The first-order valence-electron chi connectivity index (χ1n) is 17.3. The van der Waals surface area contributed by atoms with Gasteiger partial charge in [0.15, 0.2) is 17.5 Å². The van der Waals surface area contributed by atoms with Gasteiger partial charge in [-0.25, -0.2) is 15.0 Å². The Morgan fingerprint density at radius 2 is 0.846 bits per heavy atom. The maximum absolute atomic E-state index is 6.31. The molecule has 0 saturated heterocycles. The number of para-hydroxylation sites is 2. The molecular formula is C47H27N3O2. The molecule has 0 saturated carbocycles. The van der Waals surface area contributed by atoms with E-state index in [9.17, 15) is 0 Å². The molecule has 0 spiro atoms. The fourth-order valence-electron chi connectivity index (χ4n) is 7.68. The highest BCUT2D eigenvalue weighted by Gasteiger charge is 2.19. The molecule has 11 aromatic rings. The van der Waals surface area contributed by atoms with Crippen LogP contribution in [0.15, 0.2) is 173 Å². The van der Waals surface area contributed by atoms with Gasteiger partial charge < -0.3 is 8.83 Å². The van der Waals surface area contributed by atoms with Gasteiger partial charge in [-0.1, -0.05) is 133 Å². The molecule has 3 aromatic heterocycles. The van der Waals surface area contributed by atoms with Crippen molar-refractivity contribution in [3.05, 3.63) is 164 Å². The molecule has 0 fully saturated rings. The van der Waals surface area contributed by atoms with Crippen LogP contribution in [0.5, 0.6) is 0 Å². The molecule has 5 nitrogen and oxygen atoms in total. The van der Waals surface area contributed by atoms with E-state index in [1.54, 1.807) is 0 Å². The van der Waals surface area contributed by atoms with Crippen LogP contribution >= 0.6 is 0 Å². The number of fused-ring (bicyclic) bond motifs is 9. The summed E-state index contributed by atoms with van der Waals surface area (Å²) in [6, 6.07) is 56.3. The summed E-state index contributed by atoms with van der Waals surface area (Å²) < 4.78 is 12.5. The minimum Gasteiger partial charge on any atom is -0.456 e. The Morgan fingerprint density at radius 1 is 0.308 bits per heavy atom. The summed E-state index contributed by atoms with van der Waals surface area (Å²) in [7, 11) is 0. The largest absolute Gasteiger partial charge is 0.456 e. The van der Waals surface area contributed by atoms with Crippen molar-refractivity contribution in [2.24, 2.45) is 0 Å². The lowest BCUT2D eigenvalue weighted by Crippen LogP contribution is -2.00. The Bertz CT molecular complexity index is 3190. The van der Waals surface area contributed by atoms with Crippen molar-refractivity contribution in [3.63, 3.8) is 0 Å². The van der Waals surface area contributed by atoms with E-state index in [0.29, 0.717) is 17.5 Å². The first-order chi connectivity index (χ1) is 25.7. The van der Waals surface area contributed by atoms with Crippen LogP contribution in [0.3, 0.4) is 0 Å². The molecule has 0 N–H and O–H groups in total. The molecule has 0 atom stereocenters. The number of hydrogen-bond donors (Lipinski definition) is 0. The van der Waals surface area contributed by atoms with Gasteiger partial charge in [0.05, 0.1) is 0 Å². The van der Waals surface area contributed by atoms with Crippen LogP contribution in [0.25, 0.3) is 111 Å². The highest BCUT2D eigenvalue weighted by atomic mass is 16.3. The summed E-state index contributed by atoms with van der Waals surface area (Å²) in [5, 5.41) is 8.79. The Balaban J connectivity index is 1.12. The number of benzene rings is 8. The Hall–Kier alpha value is -7.11. The van der Waals surface area contributed by atoms with E-state index < -0.39 is 0 Å². The second kappa shape index (κ2) is 11.2. The zero-order chi connectivity index (χ0) is 34.2. The lowest BCUT2D eigenvalue weighted by Gasteiger charge is -2.12. The monoisotopic (exact) mass is 665 g/mol. The lowest BCUT2D eigenvalue weighted by molar-refractivity contribution is 0.668. The van der Waals surface area contributed by atoms with Crippen LogP contribution in [-0.4, -0.2) is 15.0 Å². The van der Waals surface area contributed by atoms with E-state index in [2.05, 4.69) is 127 Å². The molecule has 52 heavy (non-hydrogen) atoms. The molecule has 0 amide bonds. The van der Waals surface area contributed by atoms with Crippen LogP contribution < -0.4 is 0 Å². The van der Waals surface area contributed by atoms with Crippen molar-refractivity contribution in [3.8, 4) is 45.3 Å². The molecule has 0 radical (unpaired) electrons. The Labute approximate surface area is 297 Å². The van der Waals surface area contributed by atoms with Crippen molar-refractivity contribution >= 4 is 65.4 Å². The van der Waals surface area contributed by atoms with Crippen LogP contribution in [0.1, 0.15) is 0 Å². The number of rotatable bonds is 4.